The maximum atomic E-state index is 11.9. The maximum Gasteiger partial charge on any atom is 0.279 e. The van der Waals surface area contributed by atoms with Crippen molar-refractivity contribution >= 4 is 26.1 Å². The highest BCUT2D eigenvalue weighted by atomic mass is 79.9. The summed E-state index contributed by atoms with van der Waals surface area (Å²) in [6, 6.07) is -0.185. The summed E-state index contributed by atoms with van der Waals surface area (Å²) in [4.78, 5) is 0. The molecule has 0 saturated heterocycles. The van der Waals surface area contributed by atoms with Crippen molar-refractivity contribution < 1.29 is 13.2 Å². The van der Waals surface area contributed by atoms with Crippen molar-refractivity contribution in [1.82, 2.24) is 9.03 Å². The van der Waals surface area contributed by atoms with E-state index in [0.717, 1.165) is 5.33 Å². The van der Waals surface area contributed by atoms with Gasteiger partial charge in [0.15, 0.2) is 0 Å². The highest BCUT2D eigenvalue weighted by Gasteiger charge is 2.22. The molecule has 0 amide bonds. The zero-order chi connectivity index (χ0) is 12.6. The molecule has 16 heavy (non-hydrogen) atoms. The number of methoxy groups -OCH3 is 1. The van der Waals surface area contributed by atoms with Crippen molar-refractivity contribution in [3.8, 4) is 0 Å². The number of rotatable bonds is 9. The lowest BCUT2D eigenvalue weighted by atomic mass is 10.3. The molecule has 0 radical (unpaired) electrons. The molecular weight excluding hydrogens is 296 g/mol. The first-order valence-corrected chi connectivity index (χ1v) is 7.90. The number of nitrogens with one attached hydrogen (secondary N) is 1. The minimum Gasteiger partial charge on any atom is -0.383 e. The molecule has 98 valence electrons. The number of hydrogen-bond acceptors (Lipinski definition) is 3. The van der Waals surface area contributed by atoms with Crippen LogP contribution in [0.2, 0.25) is 0 Å². The van der Waals surface area contributed by atoms with Gasteiger partial charge in [-0.05, 0) is 6.42 Å². The number of halogens is 1. The molecule has 0 aromatic heterocycles. The van der Waals surface area contributed by atoms with Crippen molar-refractivity contribution in [2.45, 2.75) is 26.3 Å². The van der Waals surface area contributed by atoms with Crippen LogP contribution in [0.15, 0.2) is 0 Å². The van der Waals surface area contributed by atoms with Gasteiger partial charge in [-0.25, -0.2) is 0 Å². The van der Waals surface area contributed by atoms with Crippen LogP contribution in [-0.2, 0) is 14.9 Å². The SMILES string of the molecule is CCN(CC)S(=O)(=O)NC(CCBr)COC. The van der Waals surface area contributed by atoms with E-state index in [0.29, 0.717) is 26.1 Å². The van der Waals surface area contributed by atoms with E-state index in [-0.39, 0.29) is 6.04 Å². The summed E-state index contributed by atoms with van der Waals surface area (Å²) in [5, 5.41) is 0.738. The molecule has 1 N–H and O–H groups in total. The molecular formula is C9H21BrN2O3S. The average Bonchev–Trinajstić information content (AvgIpc) is 2.19. The lowest BCUT2D eigenvalue weighted by Crippen LogP contribution is -2.46. The lowest BCUT2D eigenvalue weighted by molar-refractivity contribution is 0.172. The standard InChI is InChI=1S/C9H21BrN2O3S/c1-4-12(5-2)16(13,14)11-9(6-7-10)8-15-3/h9,11H,4-8H2,1-3H3. The monoisotopic (exact) mass is 316 g/mol. The van der Waals surface area contributed by atoms with Crippen LogP contribution in [0.1, 0.15) is 20.3 Å². The Morgan fingerprint density at radius 2 is 1.94 bits per heavy atom. The third kappa shape index (κ3) is 5.58. The predicted octanol–water partition coefficient (Wildman–Crippen LogP) is 0.963. The summed E-state index contributed by atoms with van der Waals surface area (Å²) in [6.07, 6.45) is 0.703. The first kappa shape index (κ1) is 16.3. The topological polar surface area (TPSA) is 58.6 Å². The summed E-state index contributed by atoms with van der Waals surface area (Å²) < 4.78 is 32.8. The van der Waals surface area contributed by atoms with Crippen LogP contribution < -0.4 is 4.72 Å². The van der Waals surface area contributed by atoms with Crippen LogP contribution in [-0.4, -0.2) is 50.9 Å². The van der Waals surface area contributed by atoms with Gasteiger partial charge in [-0.1, -0.05) is 29.8 Å². The van der Waals surface area contributed by atoms with Crippen molar-refractivity contribution in [3.05, 3.63) is 0 Å². The molecule has 5 nitrogen and oxygen atoms in total. The van der Waals surface area contributed by atoms with E-state index in [1.54, 1.807) is 7.11 Å². The van der Waals surface area contributed by atoms with Gasteiger partial charge >= 0.3 is 0 Å². The van der Waals surface area contributed by atoms with E-state index in [4.69, 9.17) is 4.74 Å². The number of hydrogen-bond donors (Lipinski definition) is 1. The fourth-order valence-electron chi connectivity index (χ4n) is 1.36. The first-order valence-electron chi connectivity index (χ1n) is 5.34. The third-order valence-corrected chi connectivity index (χ3v) is 4.47. The van der Waals surface area contributed by atoms with E-state index in [1.165, 1.54) is 4.31 Å². The fraction of sp³-hybridized carbons (Fsp3) is 1.00. The Labute approximate surface area is 107 Å². The van der Waals surface area contributed by atoms with E-state index in [9.17, 15) is 8.42 Å². The van der Waals surface area contributed by atoms with Gasteiger partial charge in [0.1, 0.15) is 0 Å². The normalized spacial score (nSPS) is 14.3. The summed E-state index contributed by atoms with van der Waals surface area (Å²) >= 11 is 3.29. The molecule has 0 aliphatic heterocycles. The second kappa shape index (κ2) is 8.41. The average molecular weight is 317 g/mol. The summed E-state index contributed by atoms with van der Waals surface area (Å²) in [7, 11) is -1.82. The van der Waals surface area contributed by atoms with E-state index >= 15 is 0 Å². The van der Waals surface area contributed by atoms with E-state index < -0.39 is 10.2 Å². The second-order valence-corrected chi connectivity index (χ2v) is 5.83. The second-order valence-electron chi connectivity index (χ2n) is 3.34. The molecule has 0 rings (SSSR count). The van der Waals surface area contributed by atoms with Gasteiger partial charge in [-0.2, -0.15) is 17.4 Å². The van der Waals surface area contributed by atoms with Crippen molar-refractivity contribution in [2.24, 2.45) is 0 Å². The van der Waals surface area contributed by atoms with Crippen LogP contribution in [0.3, 0.4) is 0 Å². The minimum atomic E-state index is -3.38. The Morgan fingerprint density at radius 1 is 1.38 bits per heavy atom. The van der Waals surface area contributed by atoms with Gasteiger partial charge in [0.2, 0.25) is 0 Å². The summed E-state index contributed by atoms with van der Waals surface area (Å²) in [6.45, 7) is 4.96. The maximum absolute atomic E-state index is 11.9. The van der Waals surface area contributed by atoms with Crippen molar-refractivity contribution in [2.75, 3.05) is 32.1 Å². The number of nitrogens with zero attached hydrogens (tertiary/aromatic N) is 1. The highest BCUT2D eigenvalue weighted by Crippen LogP contribution is 2.03. The summed E-state index contributed by atoms with van der Waals surface area (Å²) in [5.74, 6) is 0. The van der Waals surface area contributed by atoms with Crippen LogP contribution in [0.25, 0.3) is 0 Å². The summed E-state index contributed by atoms with van der Waals surface area (Å²) in [5.41, 5.74) is 0. The highest BCUT2D eigenvalue weighted by molar-refractivity contribution is 9.09. The smallest absolute Gasteiger partial charge is 0.279 e. The molecule has 0 fully saturated rings. The van der Waals surface area contributed by atoms with Crippen LogP contribution >= 0.6 is 15.9 Å². The van der Waals surface area contributed by atoms with Crippen LogP contribution in [0.4, 0.5) is 0 Å². The van der Waals surface area contributed by atoms with Crippen LogP contribution in [0.5, 0.6) is 0 Å². The molecule has 1 atom stereocenters. The molecule has 0 aliphatic carbocycles. The Hall–Kier alpha value is 0.310. The quantitative estimate of drug-likeness (QED) is 0.645. The minimum absolute atomic E-state index is 0.185. The zero-order valence-electron chi connectivity index (χ0n) is 10.1. The van der Waals surface area contributed by atoms with Gasteiger partial charge in [-0.15, -0.1) is 0 Å². The molecule has 0 aromatic rings. The zero-order valence-corrected chi connectivity index (χ0v) is 12.5. The van der Waals surface area contributed by atoms with Crippen molar-refractivity contribution in [3.63, 3.8) is 0 Å². The molecule has 7 heteroatoms. The van der Waals surface area contributed by atoms with E-state index in [1.807, 2.05) is 13.8 Å². The van der Waals surface area contributed by atoms with Gasteiger partial charge in [-0.3, -0.25) is 0 Å². The lowest BCUT2D eigenvalue weighted by Gasteiger charge is -2.23. The Balaban J connectivity index is 4.51. The number of alkyl halides is 1. The van der Waals surface area contributed by atoms with Crippen LogP contribution in [0, 0.1) is 0 Å². The molecule has 0 saturated carbocycles. The Morgan fingerprint density at radius 3 is 2.31 bits per heavy atom. The molecule has 0 aromatic carbocycles. The Bertz CT molecular complexity index is 262. The largest absolute Gasteiger partial charge is 0.383 e. The van der Waals surface area contributed by atoms with E-state index in [2.05, 4.69) is 20.7 Å². The van der Waals surface area contributed by atoms with Gasteiger partial charge in [0.05, 0.1) is 6.61 Å². The molecule has 0 heterocycles. The molecule has 0 bridgehead atoms. The van der Waals surface area contributed by atoms with Crippen molar-refractivity contribution in [1.29, 1.82) is 0 Å². The molecule has 0 aliphatic rings. The van der Waals surface area contributed by atoms with Gasteiger partial charge in [0.25, 0.3) is 10.2 Å². The van der Waals surface area contributed by atoms with Gasteiger partial charge < -0.3 is 4.74 Å². The Kier molecular flexibility index (Phi) is 8.57. The number of ether oxygens (including phenoxy) is 1. The van der Waals surface area contributed by atoms with Gasteiger partial charge in [0, 0.05) is 31.6 Å². The molecule has 1 unspecified atom stereocenters. The third-order valence-electron chi connectivity index (χ3n) is 2.19. The predicted molar refractivity (Wildman–Crippen MR) is 69.1 cm³/mol. The fourth-order valence-corrected chi connectivity index (χ4v) is 3.35. The first-order chi connectivity index (χ1) is 7.51. The molecule has 0 spiro atoms.